The maximum Gasteiger partial charge on any atom is 0.309 e. The Hall–Kier alpha value is -1.91. The molecule has 84 valence electrons. The molecule has 0 spiro atoms. The summed E-state index contributed by atoms with van der Waals surface area (Å²) in [7, 11) is 0. The van der Waals surface area contributed by atoms with Crippen LogP contribution in [-0.2, 0) is 17.6 Å². The van der Waals surface area contributed by atoms with Gasteiger partial charge in [0.15, 0.2) is 0 Å². The molecule has 2 aromatic rings. The topological polar surface area (TPSA) is 67.5 Å². The van der Waals surface area contributed by atoms with Gasteiger partial charge in [-0.15, -0.1) is 0 Å². The number of nitrogens with zero attached hydrogens (tertiary/aromatic N) is 3. The minimum atomic E-state index is -0.857. The van der Waals surface area contributed by atoms with E-state index in [4.69, 9.17) is 5.11 Å². The van der Waals surface area contributed by atoms with Gasteiger partial charge in [0, 0.05) is 11.8 Å². The summed E-state index contributed by atoms with van der Waals surface area (Å²) < 4.78 is 1.74. The minimum absolute atomic E-state index is 0.0276. The molecule has 0 unspecified atom stereocenters. The molecule has 0 saturated carbocycles. The summed E-state index contributed by atoms with van der Waals surface area (Å²) in [6, 6.07) is 1.89. The molecule has 2 rings (SSSR count). The van der Waals surface area contributed by atoms with E-state index in [-0.39, 0.29) is 6.42 Å². The van der Waals surface area contributed by atoms with Gasteiger partial charge in [-0.05, 0) is 13.3 Å². The van der Waals surface area contributed by atoms with Gasteiger partial charge in [0.1, 0.15) is 12.0 Å². The molecular formula is C11H13N3O2. The fraction of sp³-hybridized carbons (Fsp3) is 0.364. The number of hydrogen-bond donors (Lipinski definition) is 1. The molecule has 0 atom stereocenters. The Morgan fingerprint density at radius 3 is 2.94 bits per heavy atom. The highest BCUT2D eigenvalue weighted by Crippen LogP contribution is 2.13. The first-order chi connectivity index (χ1) is 7.61. The van der Waals surface area contributed by atoms with Gasteiger partial charge >= 0.3 is 5.97 Å². The number of carbonyl (C=O) groups is 1. The van der Waals surface area contributed by atoms with Crippen molar-refractivity contribution < 1.29 is 9.90 Å². The van der Waals surface area contributed by atoms with Crippen LogP contribution in [0.25, 0.3) is 5.65 Å². The first kappa shape index (κ1) is 10.6. The number of aliphatic carboxylic acids is 1. The molecule has 2 heterocycles. The van der Waals surface area contributed by atoms with Crippen LogP contribution < -0.4 is 0 Å². The second-order valence-corrected chi connectivity index (χ2v) is 3.68. The Labute approximate surface area is 92.8 Å². The number of aromatic nitrogens is 3. The summed E-state index contributed by atoms with van der Waals surface area (Å²) in [4.78, 5) is 19.3. The van der Waals surface area contributed by atoms with Crippen LogP contribution in [0.15, 0.2) is 12.4 Å². The maximum absolute atomic E-state index is 10.7. The molecule has 5 heteroatoms. The Balaban J connectivity index is 2.57. The van der Waals surface area contributed by atoms with Crippen molar-refractivity contribution in [2.75, 3.05) is 0 Å². The predicted octanol–water partition coefficient (Wildman–Crippen LogP) is 1.23. The van der Waals surface area contributed by atoms with Crippen molar-refractivity contribution >= 4 is 11.6 Å². The van der Waals surface area contributed by atoms with E-state index in [1.54, 1.807) is 10.7 Å². The van der Waals surface area contributed by atoms with E-state index in [9.17, 15) is 4.79 Å². The average molecular weight is 219 g/mol. The van der Waals surface area contributed by atoms with Gasteiger partial charge in [-0.1, -0.05) is 6.92 Å². The van der Waals surface area contributed by atoms with Gasteiger partial charge in [-0.3, -0.25) is 9.20 Å². The Kier molecular flexibility index (Phi) is 2.60. The molecule has 0 aliphatic heterocycles. The van der Waals surface area contributed by atoms with Crippen LogP contribution in [0.3, 0.4) is 0 Å². The van der Waals surface area contributed by atoms with Crippen LogP contribution in [0.2, 0.25) is 0 Å². The predicted molar refractivity (Wildman–Crippen MR) is 58.4 cm³/mol. The van der Waals surface area contributed by atoms with Gasteiger partial charge in [-0.2, -0.15) is 0 Å². The van der Waals surface area contributed by atoms with E-state index in [1.165, 1.54) is 0 Å². The van der Waals surface area contributed by atoms with Crippen molar-refractivity contribution in [3.8, 4) is 0 Å². The van der Waals surface area contributed by atoms with E-state index in [0.717, 1.165) is 23.5 Å². The van der Waals surface area contributed by atoms with Gasteiger partial charge in [0.25, 0.3) is 0 Å². The van der Waals surface area contributed by atoms with Crippen molar-refractivity contribution in [3.05, 3.63) is 29.5 Å². The zero-order valence-electron chi connectivity index (χ0n) is 9.27. The molecule has 0 fully saturated rings. The van der Waals surface area contributed by atoms with Crippen LogP contribution in [0.4, 0.5) is 0 Å². The molecule has 1 N–H and O–H groups in total. The SMILES string of the molecule is CCc1cc2nc(C)c(CC(=O)O)n2cn1. The van der Waals surface area contributed by atoms with E-state index in [2.05, 4.69) is 9.97 Å². The highest BCUT2D eigenvalue weighted by Gasteiger charge is 2.12. The van der Waals surface area contributed by atoms with Crippen molar-refractivity contribution in [1.29, 1.82) is 0 Å². The summed E-state index contributed by atoms with van der Waals surface area (Å²) >= 11 is 0. The normalized spacial score (nSPS) is 10.9. The van der Waals surface area contributed by atoms with Crippen molar-refractivity contribution in [2.24, 2.45) is 0 Å². The van der Waals surface area contributed by atoms with Crippen molar-refractivity contribution in [3.63, 3.8) is 0 Å². The Morgan fingerprint density at radius 1 is 1.56 bits per heavy atom. The number of imidazole rings is 1. The maximum atomic E-state index is 10.7. The summed E-state index contributed by atoms with van der Waals surface area (Å²) in [6.07, 6.45) is 2.46. The summed E-state index contributed by atoms with van der Waals surface area (Å²) in [6.45, 7) is 3.84. The fourth-order valence-electron chi connectivity index (χ4n) is 1.70. The van der Waals surface area contributed by atoms with Crippen LogP contribution in [-0.4, -0.2) is 25.4 Å². The van der Waals surface area contributed by atoms with E-state index in [0.29, 0.717) is 5.69 Å². The number of carboxylic acids is 1. The smallest absolute Gasteiger partial charge is 0.309 e. The molecule has 16 heavy (non-hydrogen) atoms. The Bertz CT molecular complexity index is 545. The monoisotopic (exact) mass is 219 g/mol. The number of carboxylic acid groups (broad SMARTS) is 1. The molecule has 0 aliphatic carbocycles. The first-order valence-electron chi connectivity index (χ1n) is 5.16. The third kappa shape index (κ3) is 1.76. The third-order valence-electron chi connectivity index (χ3n) is 2.55. The summed E-state index contributed by atoms with van der Waals surface area (Å²) in [5.74, 6) is -0.857. The molecule has 0 aromatic carbocycles. The highest BCUT2D eigenvalue weighted by atomic mass is 16.4. The lowest BCUT2D eigenvalue weighted by atomic mass is 10.2. The third-order valence-corrected chi connectivity index (χ3v) is 2.55. The molecule has 2 aromatic heterocycles. The molecule has 5 nitrogen and oxygen atoms in total. The fourth-order valence-corrected chi connectivity index (χ4v) is 1.70. The summed E-state index contributed by atoms with van der Waals surface area (Å²) in [5.41, 5.74) is 3.16. The molecular weight excluding hydrogens is 206 g/mol. The second-order valence-electron chi connectivity index (χ2n) is 3.68. The van der Waals surface area contributed by atoms with Crippen molar-refractivity contribution in [1.82, 2.24) is 14.4 Å². The van der Waals surface area contributed by atoms with Gasteiger partial charge < -0.3 is 5.11 Å². The Morgan fingerprint density at radius 2 is 2.31 bits per heavy atom. The lowest BCUT2D eigenvalue weighted by Gasteiger charge is -2.00. The summed E-state index contributed by atoms with van der Waals surface area (Å²) in [5, 5.41) is 8.81. The van der Waals surface area contributed by atoms with Crippen LogP contribution in [0.1, 0.15) is 24.0 Å². The average Bonchev–Trinajstić information content (AvgIpc) is 2.54. The number of fused-ring (bicyclic) bond motifs is 1. The second kappa shape index (κ2) is 3.92. The molecule has 0 bridgehead atoms. The lowest BCUT2D eigenvalue weighted by molar-refractivity contribution is -0.136. The first-order valence-corrected chi connectivity index (χ1v) is 5.16. The highest BCUT2D eigenvalue weighted by molar-refractivity contribution is 5.70. The molecule has 0 radical (unpaired) electrons. The van der Waals surface area contributed by atoms with E-state index < -0.39 is 5.97 Å². The number of hydrogen-bond acceptors (Lipinski definition) is 3. The van der Waals surface area contributed by atoms with Gasteiger partial charge in [0.05, 0.1) is 17.8 Å². The largest absolute Gasteiger partial charge is 0.481 e. The lowest BCUT2D eigenvalue weighted by Crippen LogP contribution is -2.05. The van der Waals surface area contributed by atoms with Crippen LogP contribution in [0.5, 0.6) is 0 Å². The van der Waals surface area contributed by atoms with Gasteiger partial charge in [-0.25, -0.2) is 9.97 Å². The van der Waals surface area contributed by atoms with Crippen molar-refractivity contribution in [2.45, 2.75) is 26.7 Å². The zero-order chi connectivity index (χ0) is 11.7. The minimum Gasteiger partial charge on any atom is -0.481 e. The number of aryl methyl sites for hydroxylation is 2. The number of rotatable bonds is 3. The van der Waals surface area contributed by atoms with Crippen LogP contribution in [0, 0.1) is 6.92 Å². The quantitative estimate of drug-likeness (QED) is 0.843. The van der Waals surface area contributed by atoms with E-state index >= 15 is 0 Å². The zero-order valence-corrected chi connectivity index (χ0v) is 9.27. The van der Waals surface area contributed by atoms with Gasteiger partial charge in [0.2, 0.25) is 0 Å². The van der Waals surface area contributed by atoms with E-state index in [1.807, 2.05) is 19.9 Å². The standard InChI is InChI=1S/C11H13N3O2/c1-3-8-4-10-13-7(2)9(5-11(15)16)14(10)6-12-8/h4,6H,3,5H2,1-2H3,(H,15,16). The molecule has 0 amide bonds. The van der Waals surface area contributed by atoms with Crippen LogP contribution >= 0.6 is 0 Å². The molecule has 0 saturated heterocycles. The molecule has 0 aliphatic rings.